The number of benzene rings is 2. The first-order valence-electron chi connectivity index (χ1n) is 6.22. The van der Waals surface area contributed by atoms with Crippen LogP contribution in [0.25, 0.3) is 0 Å². The molecule has 1 nitrogen and oxygen atoms in total. The lowest BCUT2D eigenvalue weighted by Crippen LogP contribution is -2.11. The second-order valence-corrected chi connectivity index (χ2v) is 5.05. The first-order valence-corrected chi connectivity index (χ1v) is 6.60. The lowest BCUT2D eigenvalue weighted by Gasteiger charge is -2.12. The van der Waals surface area contributed by atoms with Gasteiger partial charge in [0, 0.05) is 11.1 Å². The van der Waals surface area contributed by atoms with Gasteiger partial charge in [-0.05, 0) is 42.5 Å². The minimum Gasteiger partial charge on any atom is -0.324 e. The lowest BCUT2D eigenvalue weighted by molar-refractivity contribution is 0.651. The molecule has 2 aromatic rings. The maximum absolute atomic E-state index is 6.18. The number of hydrogen-bond donors (Lipinski definition) is 1. The normalized spacial score (nSPS) is 12.4. The Morgan fingerprint density at radius 3 is 2.50 bits per heavy atom. The molecule has 2 rings (SSSR count). The summed E-state index contributed by atoms with van der Waals surface area (Å²) in [7, 11) is 0. The fraction of sp³-hybridized carbons (Fsp3) is 0.250. The first-order chi connectivity index (χ1) is 8.66. The van der Waals surface area contributed by atoms with E-state index >= 15 is 0 Å². The van der Waals surface area contributed by atoms with Crippen LogP contribution >= 0.6 is 11.6 Å². The van der Waals surface area contributed by atoms with E-state index in [4.69, 9.17) is 17.3 Å². The van der Waals surface area contributed by atoms with Crippen molar-refractivity contribution in [3.63, 3.8) is 0 Å². The van der Waals surface area contributed by atoms with Gasteiger partial charge in [-0.25, -0.2) is 0 Å². The van der Waals surface area contributed by atoms with Crippen LogP contribution in [-0.2, 0) is 6.42 Å². The van der Waals surface area contributed by atoms with Gasteiger partial charge in [0.1, 0.15) is 0 Å². The Kier molecular flexibility index (Phi) is 4.40. The molecular weight excluding hydrogens is 242 g/mol. The van der Waals surface area contributed by atoms with Crippen molar-refractivity contribution in [2.75, 3.05) is 0 Å². The first kappa shape index (κ1) is 13.1. The average molecular weight is 260 g/mol. The van der Waals surface area contributed by atoms with Crippen molar-refractivity contribution >= 4 is 11.6 Å². The molecule has 0 amide bonds. The topological polar surface area (TPSA) is 26.0 Å². The number of rotatable bonds is 4. The molecule has 2 aromatic carbocycles. The van der Waals surface area contributed by atoms with Gasteiger partial charge in [-0.3, -0.25) is 0 Å². The number of nitrogens with two attached hydrogens (primary N) is 1. The average Bonchev–Trinajstić information content (AvgIpc) is 2.41. The van der Waals surface area contributed by atoms with E-state index in [1.165, 1.54) is 11.1 Å². The van der Waals surface area contributed by atoms with Gasteiger partial charge in [0.25, 0.3) is 0 Å². The molecular formula is C16H18ClN. The van der Waals surface area contributed by atoms with Gasteiger partial charge in [-0.2, -0.15) is 0 Å². The largest absolute Gasteiger partial charge is 0.324 e. The monoisotopic (exact) mass is 259 g/mol. The van der Waals surface area contributed by atoms with Crippen LogP contribution in [0.4, 0.5) is 0 Å². The molecule has 0 aliphatic rings. The molecule has 0 aliphatic heterocycles. The van der Waals surface area contributed by atoms with E-state index in [1.54, 1.807) is 0 Å². The van der Waals surface area contributed by atoms with Gasteiger partial charge >= 0.3 is 0 Å². The molecule has 0 saturated heterocycles. The van der Waals surface area contributed by atoms with Gasteiger partial charge in [-0.1, -0.05) is 54.1 Å². The number of hydrogen-bond acceptors (Lipinski definition) is 1. The molecule has 94 valence electrons. The Morgan fingerprint density at radius 2 is 1.83 bits per heavy atom. The molecule has 0 heterocycles. The predicted octanol–water partition coefficient (Wildman–Crippen LogP) is 4.28. The van der Waals surface area contributed by atoms with Crippen molar-refractivity contribution in [1.82, 2.24) is 0 Å². The fourth-order valence-electron chi connectivity index (χ4n) is 1.98. The summed E-state index contributed by atoms with van der Waals surface area (Å²) >= 11 is 6.11. The Bertz CT molecular complexity index is 508. The van der Waals surface area contributed by atoms with Crippen LogP contribution in [0.1, 0.15) is 29.2 Å². The fourth-order valence-corrected chi connectivity index (χ4v) is 2.18. The summed E-state index contributed by atoms with van der Waals surface area (Å²) < 4.78 is 0. The predicted molar refractivity (Wildman–Crippen MR) is 77.9 cm³/mol. The molecule has 18 heavy (non-hydrogen) atoms. The quantitative estimate of drug-likeness (QED) is 0.871. The Hall–Kier alpha value is -1.31. The van der Waals surface area contributed by atoms with Crippen LogP contribution in [0.5, 0.6) is 0 Å². The maximum Gasteiger partial charge on any atom is 0.0437 e. The minimum atomic E-state index is 0.0891. The van der Waals surface area contributed by atoms with E-state index in [0.29, 0.717) is 0 Å². The second-order valence-electron chi connectivity index (χ2n) is 4.64. The van der Waals surface area contributed by atoms with Crippen molar-refractivity contribution in [3.8, 4) is 0 Å². The molecule has 2 heteroatoms. The van der Waals surface area contributed by atoms with Gasteiger partial charge < -0.3 is 5.73 Å². The second kappa shape index (κ2) is 6.03. The SMILES string of the molecule is Cc1ccc(CCC(N)c2ccccc2)cc1Cl. The molecule has 0 aromatic heterocycles. The van der Waals surface area contributed by atoms with Crippen LogP contribution in [0, 0.1) is 6.92 Å². The van der Waals surface area contributed by atoms with Crippen molar-refractivity contribution in [3.05, 3.63) is 70.2 Å². The number of halogens is 1. The highest BCUT2D eigenvalue weighted by Crippen LogP contribution is 2.20. The van der Waals surface area contributed by atoms with Gasteiger partial charge in [0.05, 0.1) is 0 Å². The van der Waals surface area contributed by atoms with E-state index in [2.05, 4.69) is 24.3 Å². The van der Waals surface area contributed by atoms with Crippen LogP contribution < -0.4 is 5.73 Å². The summed E-state index contributed by atoms with van der Waals surface area (Å²) in [4.78, 5) is 0. The molecule has 1 atom stereocenters. The summed E-state index contributed by atoms with van der Waals surface area (Å²) in [6.07, 6.45) is 1.89. The van der Waals surface area contributed by atoms with Crippen LogP contribution in [0.3, 0.4) is 0 Å². The summed E-state index contributed by atoms with van der Waals surface area (Å²) in [5, 5.41) is 0.834. The van der Waals surface area contributed by atoms with Crippen molar-refractivity contribution in [2.24, 2.45) is 5.73 Å². The maximum atomic E-state index is 6.18. The molecule has 0 radical (unpaired) electrons. The molecule has 0 fully saturated rings. The van der Waals surface area contributed by atoms with E-state index in [1.807, 2.05) is 31.2 Å². The third-order valence-corrected chi connectivity index (χ3v) is 3.62. The van der Waals surface area contributed by atoms with Crippen LogP contribution in [0.2, 0.25) is 5.02 Å². The van der Waals surface area contributed by atoms with Crippen molar-refractivity contribution in [1.29, 1.82) is 0 Å². The zero-order chi connectivity index (χ0) is 13.0. The Labute approximate surface area is 114 Å². The summed E-state index contributed by atoms with van der Waals surface area (Å²) in [5.74, 6) is 0. The molecule has 0 aliphatic carbocycles. The Morgan fingerprint density at radius 1 is 1.11 bits per heavy atom. The zero-order valence-electron chi connectivity index (χ0n) is 10.6. The van der Waals surface area contributed by atoms with E-state index < -0.39 is 0 Å². The highest BCUT2D eigenvalue weighted by molar-refractivity contribution is 6.31. The van der Waals surface area contributed by atoms with Gasteiger partial charge in [-0.15, -0.1) is 0 Å². The summed E-state index contributed by atoms with van der Waals surface area (Å²) in [5.41, 5.74) is 9.73. The van der Waals surface area contributed by atoms with Gasteiger partial charge in [0.2, 0.25) is 0 Å². The zero-order valence-corrected chi connectivity index (χ0v) is 11.3. The highest BCUT2D eigenvalue weighted by atomic mass is 35.5. The third-order valence-electron chi connectivity index (χ3n) is 3.21. The molecule has 0 spiro atoms. The highest BCUT2D eigenvalue weighted by Gasteiger charge is 2.06. The lowest BCUT2D eigenvalue weighted by atomic mass is 9.99. The standard InChI is InChI=1S/C16H18ClN/c1-12-7-8-13(11-15(12)17)9-10-16(18)14-5-3-2-4-6-14/h2-8,11,16H,9-10,18H2,1H3. The molecule has 0 saturated carbocycles. The van der Waals surface area contributed by atoms with E-state index in [-0.39, 0.29) is 6.04 Å². The van der Waals surface area contributed by atoms with Crippen LogP contribution in [-0.4, -0.2) is 0 Å². The molecule has 2 N–H and O–H groups in total. The smallest absolute Gasteiger partial charge is 0.0437 e. The van der Waals surface area contributed by atoms with Crippen molar-refractivity contribution < 1.29 is 0 Å². The third kappa shape index (κ3) is 3.34. The summed E-state index contributed by atoms with van der Waals surface area (Å²) in [6.45, 7) is 2.02. The summed E-state index contributed by atoms with van der Waals surface area (Å²) in [6, 6.07) is 16.5. The van der Waals surface area contributed by atoms with E-state index in [9.17, 15) is 0 Å². The van der Waals surface area contributed by atoms with Crippen molar-refractivity contribution in [2.45, 2.75) is 25.8 Å². The molecule has 1 unspecified atom stereocenters. The van der Waals surface area contributed by atoms with Gasteiger partial charge in [0.15, 0.2) is 0 Å². The minimum absolute atomic E-state index is 0.0891. The molecule has 0 bridgehead atoms. The van der Waals surface area contributed by atoms with Crippen LogP contribution in [0.15, 0.2) is 48.5 Å². The Balaban J connectivity index is 1.97. The van der Waals surface area contributed by atoms with E-state index in [0.717, 1.165) is 23.4 Å². The number of aryl methyl sites for hydroxylation is 2.